The molecule has 1 radical (unpaired) electrons. The van der Waals surface area contributed by atoms with Crippen molar-refractivity contribution >= 4 is 0 Å². The summed E-state index contributed by atoms with van der Waals surface area (Å²) in [6, 6.07) is 0. The largest absolute Gasteiger partial charge is 0.130 e. The minimum absolute atomic E-state index is 0.986. The fraction of sp³-hybridized carbons (Fsp3) is 0.800. The maximum absolute atomic E-state index is 3.81. The zero-order valence-electron chi connectivity index (χ0n) is 14.0. The van der Waals surface area contributed by atoms with E-state index in [4.69, 9.17) is 0 Å². The van der Waals surface area contributed by atoms with Gasteiger partial charge in [0.2, 0.25) is 0 Å². The topological polar surface area (TPSA) is 0 Å². The van der Waals surface area contributed by atoms with Crippen molar-refractivity contribution < 1.29 is 0 Å². The first-order valence-electron chi connectivity index (χ1n) is 9.10. The second-order valence-electron chi connectivity index (χ2n) is 5.89. The van der Waals surface area contributed by atoms with Crippen molar-refractivity contribution in [2.45, 2.75) is 103 Å². The average Bonchev–Trinajstić information content (AvgIpc) is 2.47. The summed E-state index contributed by atoms with van der Waals surface area (Å²) in [5.41, 5.74) is 3.24. The van der Waals surface area contributed by atoms with Crippen molar-refractivity contribution in [3.05, 3.63) is 24.8 Å². The van der Waals surface area contributed by atoms with Crippen LogP contribution in [-0.2, 0) is 0 Å². The molecule has 0 aliphatic carbocycles. The van der Waals surface area contributed by atoms with E-state index >= 15 is 0 Å². The lowest BCUT2D eigenvalue weighted by Gasteiger charge is -2.02. The van der Waals surface area contributed by atoms with E-state index in [1.54, 1.807) is 0 Å². The Morgan fingerprint density at radius 3 is 1.60 bits per heavy atom. The summed E-state index contributed by atoms with van der Waals surface area (Å²) < 4.78 is 0. The lowest BCUT2D eigenvalue weighted by Crippen LogP contribution is -1.82. The average molecular weight is 278 g/mol. The Morgan fingerprint density at radius 1 is 0.650 bits per heavy atom. The van der Waals surface area contributed by atoms with E-state index in [-0.39, 0.29) is 0 Å². The van der Waals surface area contributed by atoms with E-state index in [0.29, 0.717) is 0 Å². The fourth-order valence-corrected chi connectivity index (χ4v) is 2.44. The maximum Gasteiger partial charge on any atom is -0.0274 e. The van der Waals surface area contributed by atoms with E-state index in [1.807, 2.05) is 0 Å². The van der Waals surface area contributed by atoms with Crippen molar-refractivity contribution in [2.75, 3.05) is 0 Å². The van der Waals surface area contributed by atoms with E-state index in [9.17, 15) is 0 Å². The zero-order valence-corrected chi connectivity index (χ0v) is 14.0. The minimum atomic E-state index is 0.986. The van der Waals surface area contributed by atoms with Crippen molar-refractivity contribution in [1.82, 2.24) is 0 Å². The SMILES string of the molecule is [CH2]CCC=C=CCCCCCCCCCCCCCC. The zero-order chi connectivity index (χ0) is 14.7. The highest BCUT2D eigenvalue weighted by molar-refractivity contribution is 4.84. The van der Waals surface area contributed by atoms with Crippen LogP contribution in [0, 0.1) is 6.92 Å². The Labute approximate surface area is 128 Å². The predicted molar refractivity (Wildman–Crippen MR) is 92.9 cm³/mol. The van der Waals surface area contributed by atoms with Gasteiger partial charge in [0, 0.05) is 0 Å². The number of allylic oxidation sites excluding steroid dienone is 1. The number of unbranched alkanes of at least 4 members (excludes halogenated alkanes) is 13. The summed E-state index contributed by atoms with van der Waals surface area (Å²) in [6.45, 7) is 6.09. The Morgan fingerprint density at radius 2 is 1.10 bits per heavy atom. The van der Waals surface area contributed by atoms with Crippen molar-refractivity contribution in [3.63, 3.8) is 0 Å². The highest BCUT2D eigenvalue weighted by Crippen LogP contribution is 2.12. The second kappa shape index (κ2) is 18.5. The first-order chi connectivity index (χ1) is 9.91. The fourth-order valence-electron chi connectivity index (χ4n) is 2.44. The third kappa shape index (κ3) is 17.5. The maximum atomic E-state index is 3.81. The van der Waals surface area contributed by atoms with Crippen molar-refractivity contribution in [1.29, 1.82) is 0 Å². The van der Waals surface area contributed by atoms with Crippen LogP contribution in [0.1, 0.15) is 103 Å². The Hall–Kier alpha value is -0.480. The van der Waals surface area contributed by atoms with Crippen molar-refractivity contribution in [2.24, 2.45) is 0 Å². The molecule has 0 aliphatic heterocycles. The van der Waals surface area contributed by atoms with Gasteiger partial charge in [0.05, 0.1) is 0 Å². The molecule has 0 saturated heterocycles. The molecule has 0 nitrogen and oxygen atoms in total. The molecule has 117 valence electrons. The number of hydrogen-bond acceptors (Lipinski definition) is 0. The van der Waals surface area contributed by atoms with Gasteiger partial charge in [0.1, 0.15) is 0 Å². The molecule has 0 unspecified atom stereocenters. The first kappa shape index (κ1) is 19.5. The van der Waals surface area contributed by atoms with Gasteiger partial charge in [0.15, 0.2) is 0 Å². The summed E-state index contributed by atoms with van der Waals surface area (Å²) in [5, 5.41) is 0. The van der Waals surface area contributed by atoms with Crippen LogP contribution in [0.2, 0.25) is 0 Å². The van der Waals surface area contributed by atoms with Crippen LogP contribution in [0.3, 0.4) is 0 Å². The summed E-state index contributed by atoms with van der Waals surface area (Å²) in [4.78, 5) is 0. The molecule has 0 heterocycles. The van der Waals surface area contributed by atoms with Gasteiger partial charge in [-0.15, -0.1) is 5.73 Å². The van der Waals surface area contributed by atoms with Gasteiger partial charge in [-0.3, -0.25) is 0 Å². The van der Waals surface area contributed by atoms with Crippen LogP contribution < -0.4 is 0 Å². The van der Waals surface area contributed by atoms with Gasteiger partial charge >= 0.3 is 0 Å². The number of rotatable bonds is 15. The Bertz CT molecular complexity index is 220. The predicted octanol–water partition coefficient (Wildman–Crippen LogP) is 7.40. The van der Waals surface area contributed by atoms with Crippen LogP contribution in [0.15, 0.2) is 17.9 Å². The van der Waals surface area contributed by atoms with Crippen molar-refractivity contribution in [3.8, 4) is 0 Å². The molecular formula is C20H37. The van der Waals surface area contributed by atoms with Gasteiger partial charge < -0.3 is 0 Å². The molecule has 0 rings (SSSR count). The van der Waals surface area contributed by atoms with E-state index in [0.717, 1.165) is 12.8 Å². The monoisotopic (exact) mass is 277 g/mol. The Kier molecular flexibility index (Phi) is 18.1. The second-order valence-corrected chi connectivity index (χ2v) is 5.89. The van der Waals surface area contributed by atoms with Crippen LogP contribution in [0.4, 0.5) is 0 Å². The molecule has 0 bridgehead atoms. The van der Waals surface area contributed by atoms with Gasteiger partial charge in [0.25, 0.3) is 0 Å². The van der Waals surface area contributed by atoms with E-state index in [2.05, 4.69) is 31.7 Å². The lowest BCUT2D eigenvalue weighted by atomic mass is 10.0. The molecule has 0 amide bonds. The lowest BCUT2D eigenvalue weighted by molar-refractivity contribution is 0.545. The molecular weight excluding hydrogens is 240 g/mol. The quantitative estimate of drug-likeness (QED) is 0.216. The van der Waals surface area contributed by atoms with Crippen LogP contribution in [0.25, 0.3) is 0 Å². The highest BCUT2D eigenvalue weighted by atomic mass is 14.0. The van der Waals surface area contributed by atoms with Crippen LogP contribution in [-0.4, -0.2) is 0 Å². The first-order valence-corrected chi connectivity index (χ1v) is 9.10. The molecule has 0 aromatic rings. The molecule has 0 aromatic heterocycles. The van der Waals surface area contributed by atoms with E-state index < -0.39 is 0 Å². The van der Waals surface area contributed by atoms with Gasteiger partial charge in [-0.2, -0.15) is 0 Å². The normalized spacial score (nSPS) is 10.3. The minimum Gasteiger partial charge on any atom is -0.130 e. The smallest absolute Gasteiger partial charge is 0.0274 e. The molecule has 0 aliphatic rings. The van der Waals surface area contributed by atoms with Gasteiger partial charge in [-0.1, -0.05) is 84.5 Å². The van der Waals surface area contributed by atoms with Gasteiger partial charge in [-0.05, 0) is 37.8 Å². The molecule has 0 fully saturated rings. The third-order valence-corrected chi connectivity index (χ3v) is 3.79. The molecule has 0 atom stereocenters. The van der Waals surface area contributed by atoms with Gasteiger partial charge in [-0.25, -0.2) is 0 Å². The standard InChI is InChI=1S/C20H37/c1-3-5-7-9-11-13-15-17-19-20-18-16-14-12-10-8-6-4-2/h7,11H,1,3-6,8,10,12-20H2,2H3. The molecule has 0 spiro atoms. The van der Waals surface area contributed by atoms with Crippen LogP contribution in [0.5, 0.6) is 0 Å². The molecule has 0 heteroatoms. The molecule has 0 aromatic carbocycles. The van der Waals surface area contributed by atoms with Crippen LogP contribution >= 0.6 is 0 Å². The highest BCUT2D eigenvalue weighted by Gasteiger charge is 1.92. The molecule has 0 saturated carbocycles. The third-order valence-electron chi connectivity index (χ3n) is 3.79. The summed E-state index contributed by atoms with van der Waals surface area (Å²) in [7, 11) is 0. The molecule has 20 heavy (non-hydrogen) atoms. The summed E-state index contributed by atoms with van der Waals surface area (Å²) in [5.74, 6) is 0. The summed E-state index contributed by atoms with van der Waals surface area (Å²) >= 11 is 0. The Balaban J connectivity index is 3.04. The van der Waals surface area contributed by atoms with E-state index in [1.165, 1.54) is 83.5 Å². The molecule has 0 N–H and O–H groups in total. The summed E-state index contributed by atoms with van der Waals surface area (Å²) in [6.07, 6.45) is 24.7. The number of hydrogen-bond donors (Lipinski definition) is 0.